The van der Waals surface area contributed by atoms with Crippen LogP contribution in [0, 0.1) is 0 Å². The highest BCUT2D eigenvalue weighted by Gasteiger charge is 2.32. The molecule has 2 fully saturated rings. The van der Waals surface area contributed by atoms with Crippen LogP contribution >= 0.6 is 11.6 Å². The van der Waals surface area contributed by atoms with E-state index in [1.807, 2.05) is 51.9 Å². The van der Waals surface area contributed by atoms with E-state index in [-0.39, 0.29) is 11.8 Å². The molecule has 0 aliphatic carbocycles. The second kappa shape index (κ2) is 10.4. The number of fused-ring (bicyclic) bond motifs is 1. The van der Waals surface area contributed by atoms with Crippen molar-refractivity contribution in [1.82, 2.24) is 29.6 Å². The summed E-state index contributed by atoms with van der Waals surface area (Å²) in [5.74, 6) is 0.958. The summed E-state index contributed by atoms with van der Waals surface area (Å²) >= 11 is 6.46. The van der Waals surface area contributed by atoms with E-state index in [0.717, 1.165) is 17.0 Å². The average molecular weight is 547 g/mol. The molecule has 3 aromatic heterocycles. The zero-order valence-electron chi connectivity index (χ0n) is 21.3. The van der Waals surface area contributed by atoms with Crippen LogP contribution in [0.15, 0.2) is 55.0 Å². The van der Waals surface area contributed by atoms with Crippen LogP contribution in [0.25, 0.3) is 17.0 Å². The van der Waals surface area contributed by atoms with Gasteiger partial charge in [-0.25, -0.2) is 15.0 Å². The molecule has 0 radical (unpaired) electrons. The fourth-order valence-electron chi connectivity index (χ4n) is 5.02. The SMILES string of the molecule is COc1cc(N2CCN(C(=O)C3CCC(=O)N3)CC2)ccc1Nc1ncc(Cl)c(-c2cnc3ccccn23)n1. The van der Waals surface area contributed by atoms with Crippen molar-refractivity contribution in [3.8, 4) is 17.1 Å². The van der Waals surface area contributed by atoms with Crippen LogP contribution in [0.1, 0.15) is 12.8 Å². The van der Waals surface area contributed by atoms with Gasteiger partial charge in [-0.1, -0.05) is 17.7 Å². The second-order valence-corrected chi connectivity index (χ2v) is 9.85. The van der Waals surface area contributed by atoms with Crippen LogP contribution in [0.3, 0.4) is 0 Å². The molecule has 2 saturated heterocycles. The number of rotatable bonds is 6. The van der Waals surface area contributed by atoms with Gasteiger partial charge < -0.3 is 25.2 Å². The van der Waals surface area contributed by atoms with Crippen LogP contribution in [-0.2, 0) is 9.59 Å². The summed E-state index contributed by atoms with van der Waals surface area (Å²) in [5.41, 5.74) is 3.81. The third-order valence-electron chi connectivity index (χ3n) is 7.09. The van der Waals surface area contributed by atoms with E-state index in [0.29, 0.717) is 67.1 Å². The van der Waals surface area contributed by atoms with Crippen LogP contribution in [0.5, 0.6) is 5.75 Å². The topological polar surface area (TPSA) is 117 Å². The second-order valence-electron chi connectivity index (χ2n) is 9.44. The fraction of sp³-hybridized carbons (Fsp3) is 0.296. The van der Waals surface area contributed by atoms with E-state index in [4.69, 9.17) is 16.3 Å². The Morgan fingerprint density at radius 3 is 2.74 bits per heavy atom. The number of nitrogens with one attached hydrogen (secondary N) is 2. The number of anilines is 3. The Kier molecular flexibility index (Phi) is 6.65. The number of hydrogen-bond donors (Lipinski definition) is 2. The third-order valence-corrected chi connectivity index (χ3v) is 7.36. The Labute approximate surface area is 229 Å². The van der Waals surface area contributed by atoms with Gasteiger partial charge in [0.2, 0.25) is 17.8 Å². The number of piperazine rings is 1. The maximum absolute atomic E-state index is 12.7. The molecule has 6 rings (SSSR count). The van der Waals surface area contributed by atoms with Gasteiger partial charge in [0.25, 0.3) is 0 Å². The van der Waals surface area contributed by atoms with Gasteiger partial charge in [-0.15, -0.1) is 0 Å². The zero-order chi connectivity index (χ0) is 26.9. The number of pyridine rings is 1. The molecule has 11 nitrogen and oxygen atoms in total. The minimum absolute atomic E-state index is 0.00360. The lowest BCUT2D eigenvalue weighted by Crippen LogP contribution is -2.53. The number of methoxy groups -OCH3 is 1. The predicted molar refractivity (Wildman–Crippen MR) is 147 cm³/mol. The Hall–Kier alpha value is -4.38. The average Bonchev–Trinajstić information content (AvgIpc) is 3.60. The van der Waals surface area contributed by atoms with E-state index in [9.17, 15) is 9.59 Å². The molecule has 1 aromatic carbocycles. The summed E-state index contributed by atoms with van der Waals surface area (Å²) in [6.45, 7) is 2.56. The van der Waals surface area contributed by atoms with Crippen LogP contribution < -0.4 is 20.3 Å². The summed E-state index contributed by atoms with van der Waals surface area (Å²) in [6.07, 6.45) is 6.20. The van der Waals surface area contributed by atoms with Crippen LogP contribution in [0.4, 0.5) is 17.3 Å². The molecule has 0 bridgehead atoms. The first kappa shape index (κ1) is 24.9. The summed E-state index contributed by atoms with van der Waals surface area (Å²) in [7, 11) is 1.61. The molecular weight excluding hydrogens is 520 g/mol. The monoisotopic (exact) mass is 546 g/mol. The van der Waals surface area contributed by atoms with E-state index in [1.54, 1.807) is 19.5 Å². The summed E-state index contributed by atoms with van der Waals surface area (Å²) in [5, 5.41) is 6.43. The summed E-state index contributed by atoms with van der Waals surface area (Å²) in [6, 6.07) is 11.2. The Morgan fingerprint density at radius 1 is 1.13 bits per heavy atom. The number of halogens is 1. The largest absolute Gasteiger partial charge is 0.494 e. The molecule has 12 heteroatoms. The molecule has 2 aliphatic heterocycles. The number of carbonyl (C=O) groups excluding carboxylic acids is 2. The van der Waals surface area contributed by atoms with Gasteiger partial charge in [0.05, 0.1) is 35.9 Å². The predicted octanol–water partition coefficient (Wildman–Crippen LogP) is 3.12. The first-order chi connectivity index (χ1) is 19.0. The van der Waals surface area contributed by atoms with Crippen molar-refractivity contribution >= 4 is 46.4 Å². The van der Waals surface area contributed by atoms with Crippen molar-refractivity contribution in [2.24, 2.45) is 0 Å². The highest BCUT2D eigenvalue weighted by Crippen LogP contribution is 2.33. The van der Waals surface area contributed by atoms with Crippen molar-refractivity contribution in [3.63, 3.8) is 0 Å². The Morgan fingerprint density at radius 2 is 1.97 bits per heavy atom. The van der Waals surface area contributed by atoms with Crippen molar-refractivity contribution in [2.45, 2.75) is 18.9 Å². The van der Waals surface area contributed by atoms with Gasteiger partial charge in [0.1, 0.15) is 23.1 Å². The fourth-order valence-corrected chi connectivity index (χ4v) is 5.21. The van der Waals surface area contributed by atoms with Gasteiger partial charge in [0, 0.05) is 50.6 Å². The number of ether oxygens (including phenoxy) is 1. The molecule has 39 heavy (non-hydrogen) atoms. The van der Waals surface area contributed by atoms with E-state index < -0.39 is 6.04 Å². The number of carbonyl (C=O) groups is 2. The molecule has 0 spiro atoms. The van der Waals surface area contributed by atoms with Gasteiger partial charge >= 0.3 is 0 Å². The number of benzene rings is 1. The first-order valence-corrected chi connectivity index (χ1v) is 13.1. The first-order valence-electron chi connectivity index (χ1n) is 12.7. The molecule has 1 unspecified atom stereocenters. The Bertz CT molecular complexity index is 1550. The lowest BCUT2D eigenvalue weighted by Gasteiger charge is -2.37. The maximum atomic E-state index is 12.7. The smallest absolute Gasteiger partial charge is 0.245 e. The van der Waals surface area contributed by atoms with Crippen molar-refractivity contribution in [2.75, 3.05) is 43.5 Å². The van der Waals surface area contributed by atoms with Gasteiger partial charge in [-0.05, 0) is 30.7 Å². The molecular formula is C27H27ClN8O3. The quantitative estimate of drug-likeness (QED) is 0.379. The van der Waals surface area contributed by atoms with E-state index >= 15 is 0 Å². The van der Waals surface area contributed by atoms with E-state index in [1.165, 1.54) is 0 Å². The normalized spacial score (nSPS) is 17.4. The number of hydrogen-bond acceptors (Lipinski definition) is 8. The molecule has 1 atom stereocenters. The van der Waals surface area contributed by atoms with Gasteiger partial charge in [-0.2, -0.15) is 0 Å². The summed E-state index contributed by atoms with van der Waals surface area (Å²) in [4.78, 5) is 41.7. The molecule has 5 heterocycles. The maximum Gasteiger partial charge on any atom is 0.245 e. The van der Waals surface area contributed by atoms with Gasteiger partial charge in [-0.3, -0.25) is 14.0 Å². The number of nitrogens with zero attached hydrogens (tertiary/aromatic N) is 6. The van der Waals surface area contributed by atoms with Crippen molar-refractivity contribution in [1.29, 1.82) is 0 Å². The lowest BCUT2D eigenvalue weighted by atomic mass is 10.1. The molecule has 200 valence electrons. The minimum atomic E-state index is -0.391. The standard InChI is InChI=1S/C27H27ClN8O3/c1-39-22-14-17(34-10-12-35(13-11-34)26(38)20-7-8-24(37)31-20)5-6-19(22)32-27-30-15-18(28)25(33-27)21-16-29-23-4-2-3-9-36(21)23/h2-6,9,14-16,20H,7-8,10-13H2,1H3,(H,31,37)(H,30,32,33). The minimum Gasteiger partial charge on any atom is -0.494 e. The molecule has 0 saturated carbocycles. The van der Waals surface area contributed by atoms with Gasteiger partial charge in [0.15, 0.2) is 0 Å². The number of imidazole rings is 1. The highest BCUT2D eigenvalue weighted by molar-refractivity contribution is 6.32. The summed E-state index contributed by atoms with van der Waals surface area (Å²) < 4.78 is 7.60. The zero-order valence-corrected chi connectivity index (χ0v) is 22.1. The number of amides is 2. The van der Waals surface area contributed by atoms with Crippen molar-refractivity contribution in [3.05, 3.63) is 60.0 Å². The highest BCUT2D eigenvalue weighted by atomic mass is 35.5. The molecule has 2 amide bonds. The molecule has 2 aliphatic rings. The van der Waals surface area contributed by atoms with E-state index in [2.05, 4.69) is 30.5 Å². The lowest BCUT2D eigenvalue weighted by molar-refractivity contribution is -0.134. The van der Waals surface area contributed by atoms with Crippen molar-refractivity contribution < 1.29 is 14.3 Å². The Balaban J connectivity index is 1.16. The van der Waals surface area contributed by atoms with Crippen LogP contribution in [0.2, 0.25) is 5.02 Å². The number of aromatic nitrogens is 4. The third kappa shape index (κ3) is 4.92. The molecule has 4 aromatic rings. The molecule has 2 N–H and O–H groups in total. The van der Waals surface area contributed by atoms with Crippen LogP contribution in [-0.4, -0.2) is 75.4 Å².